The summed E-state index contributed by atoms with van der Waals surface area (Å²) in [4.78, 5) is 16.0. The first-order valence-corrected chi connectivity index (χ1v) is 7.00. The second-order valence-corrected chi connectivity index (χ2v) is 5.49. The van der Waals surface area contributed by atoms with E-state index in [1.54, 1.807) is 0 Å². The zero-order valence-corrected chi connectivity index (χ0v) is 11.1. The van der Waals surface area contributed by atoms with Crippen LogP contribution in [-0.2, 0) is 12.8 Å². The van der Waals surface area contributed by atoms with Gasteiger partial charge in [0.25, 0.3) is 0 Å². The number of carbonyl (C=O) groups is 1. The largest absolute Gasteiger partial charge is 0.360 e. The first-order valence-electron chi connectivity index (χ1n) is 7.00. The van der Waals surface area contributed by atoms with Crippen molar-refractivity contribution in [3.63, 3.8) is 0 Å². The average Bonchev–Trinajstić information content (AvgIpc) is 3.10. The number of aromatic nitrogens is 1. The van der Waals surface area contributed by atoms with Crippen LogP contribution in [0, 0.1) is 5.92 Å². The van der Waals surface area contributed by atoms with E-state index in [0.29, 0.717) is 0 Å². The maximum Gasteiger partial charge on any atom is 0.168 e. The summed E-state index contributed by atoms with van der Waals surface area (Å²) in [5, 5.41) is 1.04. The highest BCUT2D eigenvalue weighted by molar-refractivity contribution is 6.09. The van der Waals surface area contributed by atoms with Gasteiger partial charge in [-0.3, -0.25) is 4.79 Å². The lowest BCUT2D eigenvalue weighted by Gasteiger charge is -2.06. The van der Waals surface area contributed by atoms with E-state index < -0.39 is 0 Å². The number of carbonyl (C=O) groups excluding carboxylic acids is 1. The predicted octanol–water partition coefficient (Wildman–Crippen LogP) is 3.77. The Morgan fingerprint density at radius 3 is 2.35 bits per heavy atom. The molecule has 1 aliphatic carbocycles. The Kier molecular flexibility index (Phi) is 2.49. The van der Waals surface area contributed by atoms with Crippen LogP contribution < -0.4 is 0 Å². The molecule has 1 aliphatic rings. The maximum atomic E-state index is 12.8. The Hall–Kier alpha value is -2.35. The van der Waals surface area contributed by atoms with Gasteiger partial charge in [-0.25, -0.2) is 0 Å². The number of hydrogen-bond acceptors (Lipinski definition) is 1. The molecule has 0 fully saturated rings. The van der Waals surface area contributed by atoms with Crippen LogP contribution in [0.25, 0.3) is 10.9 Å². The highest BCUT2D eigenvalue weighted by Gasteiger charge is 2.28. The van der Waals surface area contributed by atoms with Gasteiger partial charge in [0, 0.05) is 28.6 Å². The van der Waals surface area contributed by atoms with Crippen molar-refractivity contribution in [1.29, 1.82) is 0 Å². The summed E-state index contributed by atoms with van der Waals surface area (Å²) in [5.41, 5.74) is 4.51. The van der Waals surface area contributed by atoms with Crippen LogP contribution in [0.4, 0.5) is 0 Å². The molecule has 0 spiro atoms. The summed E-state index contributed by atoms with van der Waals surface area (Å²) < 4.78 is 0. The van der Waals surface area contributed by atoms with E-state index in [1.165, 1.54) is 11.1 Å². The highest BCUT2D eigenvalue weighted by Crippen LogP contribution is 2.30. The number of aromatic amines is 1. The molecule has 0 atom stereocenters. The fraction of sp³-hybridized carbons (Fsp3) is 0.167. The molecule has 1 N–H and O–H groups in total. The Balaban J connectivity index is 1.69. The molecule has 4 rings (SSSR count). The molecule has 0 bridgehead atoms. The van der Waals surface area contributed by atoms with E-state index in [-0.39, 0.29) is 11.7 Å². The minimum absolute atomic E-state index is 0.0895. The van der Waals surface area contributed by atoms with Crippen LogP contribution in [0.1, 0.15) is 21.5 Å². The molecule has 2 heteroatoms. The number of nitrogens with one attached hydrogen (secondary N) is 1. The normalized spacial score (nSPS) is 14.6. The quantitative estimate of drug-likeness (QED) is 0.700. The number of H-pyrrole nitrogens is 1. The molecule has 0 radical (unpaired) electrons. The van der Waals surface area contributed by atoms with Crippen molar-refractivity contribution in [3.05, 3.63) is 71.4 Å². The molecule has 0 unspecified atom stereocenters. The third-order valence-electron chi connectivity index (χ3n) is 4.28. The first-order chi connectivity index (χ1) is 9.83. The molecule has 1 heterocycles. The van der Waals surface area contributed by atoms with E-state index in [4.69, 9.17) is 0 Å². The van der Waals surface area contributed by atoms with Gasteiger partial charge in [-0.1, -0.05) is 42.5 Å². The van der Waals surface area contributed by atoms with Crippen LogP contribution in [-0.4, -0.2) is 10.8 Å². The minimum atomic E-state index is 0.0895. The lowest BCUT2D eigenvalue weighted by atomic mass is 9.95. The van der Waals surface area contributed by atoms with Crippen LogP contribution >= 0.6 is 0 Å². The third-order valence-corrected chi connectivity index (χ3v) is 4.28. The Morgan fingerprint density at radius 1 is 0.950 bits per heavy atom. The van der Waals surface area contributed by atoms with Crippen molar-refractivity contribution in [2.24, 2.45) is 5.92 Å². The molecule has 2 aromatic carbocycles. The average molecular weight is 261 g/mol. The number of fused-ring (bicyclic) bond motifs is 2. The Bertz CT molecular complexity index is 775. The van der Waals surface area contributed by atoms with Gasteiger partial charge in [-0.05, 0) is 30.0 Å². The van der Waals surface area contributed by atoms with Crippen molar-refractivity contribution in [3.8, 4) is 0 Å². The Morgan fingerprint density at radius 2 is 1.60 bits per heavy atom. The Labute approximate surface area is 117 Å². The van der Waals surface area contributed by atoms with Gasteiger partial charge in [-0.15, -0.1) is 0 Å². The van der Waals surface area contributed by atoms with E-state index in [0.717, 1.165) is 29.3 Å². The smallest absolute Gasteiger partial charge is 0.168 e. The number of benzene rings is 2. The molecule has 0 amide bonds. The van der Waals surface area contributed by atoms with Crippen LogP contribution in [0.5, 0.6) is 0 Å². The molecular weight excluding hydrogens is 246 g/mol. The summed E-state index contributed by atoms with van der Waals surface area (Å²) in [6, 6.07) is 16.4. The topological polar surface area (TPSA) is 32.9 Å². The van der Waals surface area contributed by atoms with E-state index in [9.17, 15) is 4.79 Å². The number of rotatable bonds is 2. The monoisotopic (exact) mass is 261 g/mol. The van der Waals surface area contributed by atoms with E-state index in [1.807, 2.05) is 30.5 Å². The van der Waals surface area contributed by atoms with Crippen LogP contribution in [0.3, 0.4) is 0 Å². The standard InChI is InChI=1S/C18H15NO/c20-18(14-9-12-5-1-2-6-13(12)10-14)16-11-19-17-8-4-3-7-15(16)17/h1-8,11,14,19H,9-10H2. The first kappa shape index (κ1) is 11.5. The zero-order valence-electron chi connectivity index (χ0n) is 11.1. The fourth-order valence-electron chi connectivity index (χ4n) is 3.24. The predicted molar refractivity (Wildman–Crippen MR) is 80.0 cm³/mol. The van der Waals surface area contributed by atoms with Crippen molar-refractivity contribution in [2.45, 2.75) is 12.8 Å². The molecule has 0 saturated carbocycles. The molecule has 98 valence electrons. The van der Waals surface area contributed by atoms with Crippen molar-refractivity contribution in [1.82, 2.24) is 4.98 Å². The van der Waals surface area contributed by atoms with Gasteiger partial charge in [0.05, 0.1) is 0 Å². The lowest BCUT2D eigenvalue weighted by molar-refractivity contribution is 0.0926. The van der Waals surface area contributed by atoms with Gasteiger partial charge >= 0.3 is 0 Å². The number of hydrogen-bond donors (Lipinski definition) is 1. The molecule has 1 aromatic heterocycles. The van der Waals surface area contributed by atoms with Gasteiger partial charge in [0.2, 0.25) is 0 Å². The lowest BCUT2D eigenvalue weighted by Crippen LogP contribution is -2.14. The molecule has 2 nitrogen and oxygen atoms in total. The molecule has 0 aliphatic heterocycles. The summed E-state index contributed by atoms with van der Waals surface area (Å²) in [5.74, 6) is 0.352. The van der Waals surface area contributed by atoms with Crippen LogP contribution in [0.15, 0.2) is 54.7 Å². The van der Waals surface area contributed by atoms with E-state index >= 15 is 0 Å². The summed E-state index contributed by atoms with van der Waals surface area (Å²) in [6.45, 7) is 0. The third kappa shape index (κ3) is 1.68. The van der Waals surface area contributed by atoms with Crippen molar-refractivity contribution >= 4 is 16.7 Å². The summed E-state index contributed by atoms with van der Waals surface area (Å²) in [6.07, 6.45) is 3.60. The van der Waals surface area contributed by atoms with Crippen molar-refractivity contribution < 1.29 is 4.79 Å². The zero-order chi connectivity index (χ0) is 13.5. The summed E-state index contributed by atoms with van der Waals surface area (Å²) >= 11 is 0. The maximum absolute atomic E-state index is 12.8. The van der Waals surface area contributed by atoms with Gasteiger partial charge in [0.15, 0.2) is 5.78 Å². The van der Waals surface area contributed by atoms with Gasteiger partial charge < -0.3 is 4.98 Å². The number of Topliss-reactive ketones (excluding diaryl/α,β-unsaturated/α-hetero) is 1. The van der Waals surface area contributed by atoms with Crippen molar-refractivity contribution in [2.75, 3.05) is 0 Å². The van der Waals surface area contributed by atoms with Crippen LogP contribution in [0.2, 0.25) is 0 Å². The number of ketones is 1. The number of para-hydroxylation sites is 1. The highest BCUT2D eigenvalue weighted by atomic mass is 16.1. The summed E-state index contributed by atoms with van der Waals surface area (Å²) in [7, 11) is 0. The second kappa shape index (κ2) is 4.34. The van der Waals surface area contributed by atoms with Gasteiger partial charge in [-0.2, -0.15) is 0 Å². The molecular formula is C18H15NO. The molecule has 3 aromatic rings. The minimum Gasteiger partial charge on any atom is -0.360 e. The second-order valence-electron chi connectivity index (χ2n) is 5.49. The molecule has 20 heavy (non-hydrogen) atoms. The molecule has 0 saturated heterocycles. The fourth-order valence-corrected chi connectivity index (χ4v) is 3.24. The van der Waals surface area contributed by atoms with E-state index in [2.05, 4.69) is 29.2 Å². The van der Waals surface area contributed by atoms with Gasteiger partial charge in [0.1, 0.15) is 0 Å². The SMILES string of the molecule is O=C(c1c[nH]c2ccccc12)C1Cc2ccccc2C1.